The van der Waals surface area contributed by atoms with Gasteiger partial charge in [0.1, 0.15) is 0 Å². The minimum atomic E-state index is -0.873. The molecule has 1 aliphatic heterocycles. The number of para-hydroxylation sites is 1. The van der Waals surface area contributed by atoms with Crippen molar-refractivity contribution in [2.75, 3.05) is 11.5 Å². The molecule has 0 amide bonds. The molecule has 1 aromatic carbocycles. The Kier molecular flexibility index (Phi) is 6.00. The van der Waals surface area contributed by atoms with Gasteiger partial charge in [0.2, 0.25) is 0 Å². The molecule has 1 saturated heterocycles. The summed E-state index contributed by atoms with van der Waals surface area (Å²) in [5.74, 6) is 1.76. The van der Waals surface area contributed by atoms with Gasteiger partial charge in [-0.3, -0.25) is 0 Å². The number of rotatable bonds is 6. The van der Waals surface area contributed by atoms with E-state index >= 15 is 0 Å². The van der Waals surface area contributed by atoms with Crippen LogP contribution in [0.4, 0.5) is 0 Å². The third-order valence-corrected chi connectivity index (χ3v) is 6.77. The minimum absolute atomic E-state index is 0.0192. The van der Waals surface area contributed by atoms with Crippen LogP contribution in [0.5, 0.6) is 5.75 Å². The van der Waals surface area contributed by atoms with E-state index in [1.165, 1.54) is 11.8 Å². The number of carbonyl (C=O) groups is 1. The molecule has 1 fully saturated rings. The molecule has 4 nitrogen and oxygen atoms in total. The summed E-state index contributed by atoms with van der Waals surface area (Å²) in [7, 11) is 0. The SMILES string of the molecule is C[C-](CS[C](=[Ni])c1ccccc1O)[C@@H]1N[C@@](C)(C(=O)O)CS1. The Hall–Kier alpha value is -0.486. The molecular formula is C15H18NNiO3S2-. The number of phenolic OH excluding ortho intramolecular Hbond substituents is 1. The molecule has 0 unspecified atom stereocenters. The first-order chi connectivity index (χ1) is 10.3. The number of aromatic hydroxyl groups is 1. The molecule has 1 heterocycles. The Morgan fingerprint density at radius 2 is 2.27 bits per heavy atom. The summed E-state index contributed by atoms with van der Waals surface area (Å²) in [6, 6.07) is 7.04. The maximum absolute atomic E-state index is 11.2. The zero-order chi connectivity index (χ0) is 16.3. The number of nitrogens with one attached hydrogen (secondary N) is 1. The van der Waals surface area contributed by atoms with Crippen molar-refractivity contribution in [3.63, 3.8) is 0 Å². The van der Waals surface area contributed by atoms with Crippen LogP contribution in [0.2, 0.25) is 0 Å². The molecule has 2 atom stereocenters. The van der Waals surface area contributed by atoms with Crippen molar-refractivity contribution in [2.24, 2.45) is 0 Å². The van der Waals surface area contributed by atoms with E-state index in [-0.39, 0.29) is 11.1 Å². The van der Waals surface area contributed by atoms with Gasteiger partial charge in [0.25, 0.3) is 0 Å². The number of aliphatic carboxylic acids is 1. The van der Waals surface area contributed by atoms with E-state index in [1.807, 2.05) is 13.0 Å². The summed E-state index contributed by atoms with van der Waals surface area (Å²) < 4.78 is 0.682. The van der Waals surface area contributed by atoms with Crippen LogP contribution in [-0.2, 0) is 19.8 Å². The topological polar surface area (TPSA) is 69.6 Å². The molecule has 3 N–H and O–H groups in total. The number of hydrogen-bond donors (Lipinski definition) is 3. The van der Waals surface area contributed by atoms with E-state index in [1.54, 1.807) is 36.9 Å². The Morgan fingerprint density at radius 3 is 2.86 bits per heavy atom. The molecule has 0 saturated carbocycles. The molecule has 124 valence electrons. The Balaban J connectivity index is 1.89. The van der Waals surface area contributed by atoms with Gasteiger partial charge in [-0.1, -0.05) is 0 Å². The van der Waals surface area contributed by atoms with Crippen molar-refractivity contribution in [1.29, 1.82) is 0 Å². The molecular weight excluding hydrogens is 365 g/mol. The average molecular weight is 383 g/mol. The van der Waals surface area contributed by atoms with Crippen LogP contribution in [-0.4, -0.2) is 42.4 Å². The zero-order valence-electron chi connectivity index (χ0n) is 12.2. The van der Waals surface area contributed by atoms with Crippen LogP contribution in [0.3, 0.4) is 0 Å². The van der Waals surface area contributed by atoms with E-state index in [0.717, 1.165) is 5.92 Å². The molecule has 7 heteroatoms. The van der Waals surface area contributed by atoms with Crippen molar-refractivity contribution in [3.8, 4) is 5.75 Å². The first-order valence-electron chi connectivity index (χ1n) is 6.69. The van der Waals surface area contributed by atoms with Gasteiger partial charge in [-0.15, -0.1) is 0 Å². The van der Waals surface area contributed by atoms with Crippen molar-refractivity contribution in [3.05, 3.63) is 35.7 Å². The summed E-state index contributed by atoms with van der Waals surface area (Å²) in [5.41, 5.74) is -0.190. The summed E-state index contributed by atoms with van der Waals surface area (Å²) >= 11 is 8.12. The molecule has 0 bridgehead atoms. The fourth-order valence-corrected chi connectivity index (χ4v) is 4.75. The fraction of sp³-hybridized carbons (Fsp3) is 0.400. The van der Waals surface area contributed by atoms with E-state index < -0.39 is 11.5 Å². The van der Waals surface area contributed by atoms with E-state index in [0.29, 0.717) is 20.9 Å². The van der Waals surface area contributed by atoms with Gasteiger partial charge in [-0.2, -0.15) is 0 Å². The molecule has 0 aromatic heterocycles. The number of carboxylic acid groups (broad SMARTS) is 1. The van der Waals surface area contributed by atoms with E-state index in [9.17, 15) is 15.0 Å². The van der Waals surface area contributed by atoms with Crippen molar-refractivity contribution in [2.45, 2.75) is 24.8 Å². The second kappa shape index (κ2) is 7.39. The summed E-state index contributed by atoms with van der Waals surface area (Å²) in [4.78, 5) is 11.2. The van der Waals surface area contributed by atoms with Crippen molar-refractivity contribution >= 4 is 33.3 Å². The first-order valence-corrected chi connectivity index (χ1v) is 9.22. The quantitative estimate of drug-likeness (QED) is 0.517. The number of phenols is 1. The second-order valence-corrected chi connectivity index (χ2v) is 8.23. The number of benzene rings is 1. The third-order valence-electron chi connectivity index (χ3n) is 3.42. The summed E-state index contributed by atoms with van der Waals surface area (Å²) in [6.07, 6.45) is 0. The fourth-order valence-electron chi connectivity index (χ4n) is 1.96. The molecule has 1 aliphatic rings. The van der Waals surface area contributed by atoms with Gasteiger partial charge in [-0.05, 0) is 0 Å². The molecule has 0 spiro atoms. The first kappa shape index (κ1) is 17.9. The van der Waals surface area contributed by atoms with Crippen LogP contribution >= 0.6 is 23.5 Å². The number of hydrogen-bond acceptors (Lipinski definition) is 5. The number of carboxylic acids is 1. The van der Waals surface area contributed by atoms with Crippen LogP contribution in [0, 0.1) is 5.92 Å². The molecule has 22 heavy (non-hydrogen) atoms. The predicted molar refractivity (Wildman–Crippen MR) is 89.0 cm³/mol. The van der Waals surface area contributed by atoms with Crippen LogP contribution in [0.25, 0.3) is 0 Å². The number of thioether (sulfide) groups is 2. The van der Waals surface area contributed by atoms with Gasteiger partial charge in [0.15, 0.2) is 0 Å². The van der Waals surface area contributed by atoms with Crippen molar-refractivity contribution in [1.82, 2.24) is 5.32 Å². The van der Waals surface area contributed by atoms with Gasteiger partial charge in [0.05, 0.1) is 0 Å². The van der Waals surface area contributed by atoms with Crippen LogP contribution < -0.4 is 5.32 Å². The molecule has 1 aromatic rings. The Bertz CT molecular complexity index is 584. The van der Waals surface area contributed by atoms with E-state index in [4.69, 9.17) is 15.0 Å². The van der Waals surface area contributed by atoms with Gasteiger partial charge in [-0.25, -0.2) is 0 Å². The van der Waals surface area contributed by atoms with Gasteiger partial charge < -0.3 is 0 Å². The second-order valence-electron chi connectivity index (χ2n) is 5.37. The monoisotopic (exact) mass is 382 g/mol. The molecule has 0 aliphatic carbocycles. The van der Waals surface area contributed by atoms with Gasteiger partial charge >= 0.3 is 146 Å². The molecule has 2 rings (SSSR count). The van der Waals surface area contributed by atoms with Crippen molar-refractivity contribution < 1.29 is 30.0 Å². The summed E-state index contributed by atoms with van der Waals surface area (Å²) in [6.45, 7) is 3.71. The van der Waals surface area contributed by atoms with Crippen LogP contribution in [0.15, 0.2) is 24.3 Å². The maximum atomic E-state index is 11.2. The zero-order valence-corrected chi connectivity index (χ0v) is 14.9. The molecule has 0 radical (unpaired) electrons. The van der Waals surface area contributed by atoms with Crippen LogP contribution in [0.1, 0.15) is 19.4 Å². The standard InChI is InChI=1S/C15H18NO3S2.Ni/c1-10(13-16-15(2,9-21-13)14(18)19)7-20-8-11-5-3-4-6-12(11)17;/h3-6,13,16-17H,7,9H2,1-2H3,(H,18,19);/q-1;/t13-,15-;/m1./s1. The average Bonchev–Trinajstić information content (AvgIpc) is 2.89. The van der Waals surface area contributed by atoms with E-state index in [2.05, 4.69) is 5.32 Å². The Labute approximate surface area is 146 Å². The normalized spacial score (nSPS) is 24.7. The third kappa shape index (κ3) is 4.07. The summed E-state index contributed by atoms with van der Waals surface area (Å²) in [5, 5.41) is 22.2. The van der Waals surface area contributed by atoms with Gasteiger partial charge in [0, 0.05) is 0 Å². The Morgan fingerprint density at radius 1 is 1.59 bits per heavy atom. The predicted octanol–water partition coefficient (Wildman–Crippen LogP) is 2.25.